The zero-order valence-corrected chi connectivity index (χ0v) is 16.0. The van der Waals surface area contributed by atoms with Gasteiger partial charge in [0.25, 0.3) is 0 Å². The molecule has 1 aliphatic carbocycles. The number of hydrogen-bond donors (Lipinski definition) is 1. The molecule has 0 bridgehead atoms. The Morgan fingerprint density at radius 1 is 1.22 bits per heavy atom. The first-order valence-electron chi connectivity index (χ1n) is 8.83. The van der Waals surface area contributed by atoms with Crippen LogP contribution in [0.5, 0.6) is 0 Å². The molecule has 6 heteroatoms. The predicted octanol–water partition coefficient (Wildman–Crippen LogP) is 3.47. The summed E-state index contributed by atoms with van der Waals surface area (Å²) in [6, 6.07) is 14.0. The number of nitriles is 3. The molecule has 1 heterocycles. The summed E-state index contributed by atoms with van der Waals surface area (Å²) in [4.78, 5) is 2.26. The summed E-state index contributed by atoms with van der Waals surface area (Å²) >= 11 is 6.46. The van der Waals surface area contributed by atoms with Crippen LogP contribution in [0.2, 0.25) is 5.02 Å². The van der Waals surface area contributed by atoms with Crippen LogP contribution in [0.1, 0.15) is 25.3 Å². The van der Waals surface area contributed by atoms with Crippen molar-refractivity contribution < 1.29 is 0 Å². The maximum atomic E-state index is 9.89. The van der Waals surface area contributed by atoms with Crippen molar-refractivity contribution in [3.05, 3.63) is 57.8 Å². The van der Waals surface area contributed by atoms with E-state index in [0.717, 1.165) is 5.56 Å². The Labute approximate surface area is 164 Å². The number of nitrogens with two attached hydrogens (primary N) is 1. The van der Waals surface area contributed by atoms with Crippen LogP contribution in [0.4, 0.5) is 0 Å². The molecule has 0 spiro atoms. The number of fused-ring (bicyclic) bond motifs is 1. The summed E-state index contributed by atoms with van der Waals surface area (Å²) in [7, 11) is 0. The number of nitrogens with zero attached hydrogens (tertiary/aromatic N) is 4. The smallest absolute Gasteiger partial charge is 0.204 e. The monoisotopic (exact) mass is 377 g/mol. The second-order valence-corrected chi connectivity index (χ2v) is 7.63. The normalized spacial score (nSPS) is 24.4. The first-order valence-corrected chi connectivity index (χ1v) is 9.20. The number of hydrogen-bond acceptors (Lipinski definition) is 5. The summed E-state index contributed by atoms with van der Waals surface area (Å²) in [5.41, 5.74) is 6.46. The van der Waals surface area contributed by atoms with E-state index in [1.165, 1.54) is 0 Å². The minimum atomic E-state index is -1.60. The highest BCUT2D eigenvalue weighted by Crippen LogP contribution is 2.53. The maximum Gasteiger partial charge on any atom is 0.204 e. The van der Waals surface area contributed by atoms with Gasteiger partial charge in [0.05, 0.1) is 29.5 Å². The van der Waals surface area contributed by atoms with Gasteiger partial charge >= 0.3 is 0 Å². The van der Waals surface area contributed by atoms with E-state index in [1.807, 2.05) is 24.3 Å². The molecule has 0 amide bonds. The fourth-order valence-corrected chi connectivity index (χ4v) is 4.41. The molecule has 3 rings (SSSR count). The van der Waals surface area contributed by atoms with Gasteiger partial charge in [0.15, 0.2) is 0 Å². The average molecular weight is 378 g/mol. The quantitative estimate of drug-likeness (QED) is 0.795. The van der Waals surface area contributed by atoms with Gasteiger partial charge in [0, 0.05) is 36.0 Å². The number of halogens is 1. The Morgan fingerprint density at radius 2 is 1.89 bits per heavy atom. The van der Waals surface area contributed by atoms with Crippen molar-refractivity contribution >= 4 is 11.6 Å². The van der Waals surface area contributed by atoms with E-state index in [0.29, 0.717) is 29.7 Å². The highest BCUT2D eigenvalue weighted by molar-refractivity contribution is 6.31. The first-order chi connectivity index (χ1) is 12.9. The summed E-state index contributed by atoms with van der Waals surface area (Å²) in [5, 5.41) is 30.2. The van der Waals surface area contributed by atoms with Crippen LogP contribution in [0.3, 0.4) is 0 Å². The fraction of sp³-hybridized carbons (Fsp3) is 0.381. The molecule has 136 valence electrons. The lowest BCUT2D eigenvalue weighted by atomic mass is 9.60. The van der Waals surface area contributed by atoms with Gasteiger partial charge in [-0.1, -0.05) is 35.9 Å². The van der Waals surface area contributed by atoms with Crippen LogP contribution in [-0.4, -0.2) is 24.0 Å². The molecule has 0 saturated carbocycles. The molecule has 27 heavy (non-hydrogen) atoms. The van der Waals surface area contributed by atoms with E-state index in [9.17, 15) is 15.8 Å². The zero-order valence-electron chi connectivity index (χ0n) is 15.3. The zero-order chi connectivity index (χ0) is 19.8. The summed E-state index contributed by atoms with van der Waals surface area (Å²) < 4.78 is 0. The van der Waals surface area contributed by atoms with E-state index >= 15 is 0 Å². The van der Waals surface area contributed by atoms with Gasteiger partial charge in [-0.2, -0.15) is 15.8 Å². The average Bonchev–Trinajstić information content (AvgIpc) is 2.68. The molecule has 0 fully saturated rings. The lowest BCUT2D eigenvalue weighted by Crippen LogP contribution is -2.48. The largest absolute Gasteiger partial charge is 0.399 e. The molecule has 1 aromatic carbocycles. The van der Waals surface area contributed by atoms with Crippen molar-refractivity contribution in [2.75, 3.05) is 13.1 Å². The van der Waals surface area contributed by atoms with E-state index in [1.54, 1.807) is 6.07 Å². The Kier molecular flexibility index (Phi) is 4.99. The van der Waals surface area contributed by atoms with E-state index in [4.69, 9.17) is 17.3 Å². The third-order valence-electron chi connectivity index (χ3n) is 5.64. The van der Waals surface area contributed by atoms with Gasteiger partial charge in [-0.25, -0.2) is 0 Å². The van der Waals surface area contributed by atoms with Crippen molar-refractivity contribution in [1.82, 2.24) is 4.90 Å². The highest BCUT2D eigenvalue weighted by Gasteiger charge is 2.52. The lowest BCUT2D eigenvalue weighted by molar-refractivity contribution is 0.186. The van der Waals surface area contributed by atoms with Crippen LogP contribution in [0, 0.1) is 45.3 Å². The molecular weight excluding hydrogens is 358 g/mol. The predicted molar refractivity (Wildman–Crippen MR) is 103 cm³/mol. The van der Waals surface area contributed by atoms with Gasteiger partial charge in [0.1, 0.15) is 0 Å². The molecule has 0 aromatic heterocycles. The molecule has 2 N–H and O–H groups in total. The molecule has 1 aliphatic heterocycles. The van der Waals surface area contributed by atoms with Crippen molar-refractivity contribution in [1.29, 1.82) is 15.8 Å². The van der Waals surface area contributed by atoms with Crippen LogP contribution in [0.25, 0.3) is 0 Å². The minimum absolute atomic E-state index is 0.0282. The van der Waals surface area contributed by atoms with Crippen LogP contribution >= 0.6 is 11.6 Å². The molecule has 5 nitrogen and oxygen atoms in total. The molecule has 2 unspecified atom stereocenters. The standard InChI is InChI=1S/C21H20ClN5/c1-13(2)27-8-7-17-16(10-27)19(14-5-3-4-6-18(14)22)15(9-23)20(26)21(17,11-24)12-25/h3-7,13,16,19H,8,10,26H2,1-2H3. The van der Waals surface area contributed by atoms with Crippen LogP contribution in [0.15, 0.2) is 47.2 Å². The molecule has 0 radical (unpaired) electrons. The highest BCUT2D eigenvalue weighted by atomic mass is 35.5. The van der Waals surface area contributed by atoms with Crippen molar-refractivity contribution in [3.8, 4) is 18.2 Å². The van der Waals surface area contributed by atoms with Gasteiger partial charge < -0.3 is 5.73 Å². The Balaban J connectivity index is 2.31. The Morgan fingerprint density at radius 3 is 2.44 bits per heavy atom. The van der Waals surface area contributed by atoms with Gasteiger partial charge in [-0.3, -0.25) is 4.90 Å². The van der Waals surface area contributed by atoms with Crippen LogP contribution < -0.4 is 5.73 Å². The Hall–Kier alpha value is -2.78. The second kappa shape index (κ2) is 7.09. The van der Waals surface area contributed by atoms with Crippen molar-refractivity contribution in [3.63, 3.8) is 0 Å². The van der Waals surface area contributed by atoms with Gasteiger partial charge in [0.2, 0.25) is 5.41 Å². The van der Waals surface area contributed by atoms with Crippen LogP contribution in [-0.2, 0) is 0 Å². The second-order valence-electron chi connectivity index (χ2n) is 7.23. The third kappa shape index (κ3) is 2.79. The molecular formula is C21H20ClN5. The van der Waals surface area contributed by atoms with Gasteiger partial charge in [-0.05, 0) is 31.1 Å². The topological polar surface area (TPSA) is 101 Å². The van der Waals surface area contributed by atoms with Crippen molar-refractivity contribution in [2.24, 2.45) is 17.1 Å². The molecule has 2 atom stereocenters. The summed E-state index contributed by atoms with van der Waals surface area (Å²) in [5.74, 6) is -0.603. The van der Waals surface area contributed by atoms with E-state index < -0.39 is 5.41 Å². The maximum absolute atomic E-state index is 9.89. The third-order valence-corrected chi connectivity index (χ3v) is 5.99. The van der Waals surface area contributed by atoms with Crippen molar-refractivity contribution in [2.45, 2.75) is 25.8 Å². The summed E-state index contributed by atoms with van der Waals surface area (Å²) in [6.45, 7) is 5.47. The first kappa shape index (κ1) is 19.0. The number of rotatable bonds is 2. The molecule has 0 saturated heterocycles. The van der Waals surface area contributed by atoms with E-state index in [-0.39, 0.29) is 23.1 Å². The summed E-state index contributed by atoms with van der Waals surface area (Å²) in [6.07, 6.45) is 1.94. The Bertz CT molecular complexity index is 940. The molecule has 2 aliphatic rings. The minimum Gasteiger partial charge on any atom is -0.399 e. The SMILES string of the molecule is CC(C)N1CC=C2C(C1)C(c1ccccc1Cl)C(C#N)=C(N)C2(C#N)C#N. The molecule has 1 aromatic rings. The van der Waals surface area contributed by atoms with E-state index in [2.05, 4.69) is 37.0 Å². The fourth-order valence-electron chi connectivity index (χ4n) is 4.16. The van der Waals surface area contributed by atoms with Gasteiger partial charge in [-0.15, -0.1) is 0 Å². The lowest BCUT2D eigenvalue weighted by Gasteiger charge is -2.46. The number of benzene rings is 1. The number of allylic oxidation sites excluding steroid dienone is 2.